The van der Waals surface area contributed by atoms with Gasteiger partial charge in [0.25, 0.3) is 0 Å². The van der Waals surface area contributed by atoms with Crippen LogP contribution in [0.1, 0.15) is 13.3 Å². The number of amides is 1. The SMILES string of the molecule is CCNS(=O)(=O)c1ccc(NC2CNC(=O)C2)cc1. The van der Waals surface area contributed by atoms with Crippen molar-refractivity contribution in [1.29, 1.82) is 0 Å². The number of nitrogens with one attached hydrogen (secondary N) is 3. The first-order valence-electron chi connectivity index (χ1n) is 6.14. The fourth-order valence-corrected chi connectivity index (χ4v) is 2.99. The van der Waals surface area contributed by atoms with E-state index in [4.69, 9.17) is 0 Å². The molecule has 1 heterocycles. The summed E-state index contributed by atoms with van der Waals surface area (Å²) in [4.78, 5) is 11.3. The normalized spacial score (nSPS) is 19.2. The van der Waals surface area contributed by atoms with Gasteiger partial charge in [0.05, 0.1) is 10.9 Å². The fraction of sp³-hybridized carbons (Fsp3) is 0.417. The summed E-state index contributed by atoms with van der Waals surface area (Å²) in [5, 5.41) is 5.92. The van der Waals surface area contributed by atoms with Gasteiger partial charge in [0, 0.05) is 25.2 Å². The van der Waals surface area contributed by atoms with Gasteiger partial charge in [-0.2, -0.15) is 0 Å². The highest BCUT2D eigenvalue weighted by atomic mass is 32.2. The molecular formula is C12H17N3O3S. The second kappa shape index (κ2) is 5.58. The van der Waals surface area contributed by atoms with Crippen molar-refractivity contribution in [2.24, 2.45) is 0 Å². The molecule has 1 aliphatic rings. The first-order valence-corrected chi connectivity index (χ1v) is 7.62. The Hall–Kier alpha value is -1.60. The molecule has 0 saturated carbocycles. The number of anilines is 1. The number of benzene rings is 1. The molecule has 6 nitrogen and oxygen atoms in total. The van der Waals surface area contributed by atoms with Gasteiger partial charge in [-0.1, -0.05) is 6.92 Å². The molecule has 0 radical (unpaired) electrons. The van der Waals surface area contributed by atoms with Gasteiger partial charge in [0.15, 0.2) is 0 Å². The lowest BCUT2D eigenvalue weighted by Gasteiger charge is -2.12. The Balaban J connectivity index is 2.04. The molecule has 1 aromatic carbocycles. The highest BCUT2D eigenvalue weighted by Crippen LogP contribution is 2.16. The molecule has 104 valence electrons. The minimum absolute atomic E-state index is 0.0313. The maximum absolute atomic E-state index is 11.7. The maximum atomic E-state index is 11.7. The van der Waals surface area contributed by atoms with E-state index in [2.05, 4.69) is 15.4 Å². The Bertz CT molecular complexity index is 554. The summed E-state index contributed by atoms with van der Waals surface area (Å²) in [6.07, 6.45) is 0.442. The highest BCUT2D eigenvalue weighted by molar-refractivity contribution is 7.89. The predicted octanol–water partition coefficient (Wildman–Crippen LogP) is 0.285. The number of carbonyl (C=O) groups is 1. The van der Waals surface area contributed by atoms with Crippen molar-refractivity contribution in [3.8, 4) is 0 Å². The van der Waals surface area contributed by atoms with Crippen molar-refractivity contribution >= 4 is 21.6 Å². The lowest BCUT2D eigenvalue weighted by atomic mass is 10.2. The first-order chi connectivity index (χ1) is 9.01. The van der Waals surface area contributed by atoms with Gasteiger partial charge in [-0.25, -0.2) is 13.1 Å². The lowest BCUT2D eigenvalue weighted by molar-refractivity contribution is -0.119. The predicted molar refractivity (Wildman–Crippen MR) is 72.3 cm³/mol. The van der Waals surface area contributed by atoms with Crippen molar-refractivity contribution in [3.63, 3.8) is 0 Å². The zero-order chi connectivity index (χ0) is 13.9. The Morgan fingerprint density at radius 2 is 2.00 bits per heavy atom. The number of hydrogen-bond donors (Lipinski definition) is 3. The van der Waals surface area contributed by atoms with Gasteiger partial charge in [-0.3, -0.25) is 4.79 Å². The smallest absolute Gasteiger partial charge is 0.240 e. The third-order valence-corrected chi connectivity index (χ3v) is 4.41. The van der Waals surface area contributed by atoms with E-state index in [0.29, 0.717) is 19.5 Å². The van der Waals surface area contributed by atoms with Crippen LogP contribution in [0, 0.1) is 0 Å². The molecule has 0 aromatic heterocycles. The third-order valence-electron chi connectivity index (χ3n) is 2.85. The summed E-state index contributed by atoms with van der Waals surface area (Å²) in [6.45, 7) is 2.69. The molecule has 1 aliphatic heterocycles. The van der Waals surface area contributed by atoms with E-state index in [1.807, 2.05) is 0 Å². The number of rotatable bonds is 5. The van der Waals surface area contributed by atoms with Crippen LogP contribution in [0.4, 0.5) is 5.69 Å². The Labute approximate surface area is 112 Å². The molecule has 1 saturated heterocycles. The van der Waals surface area contributed by atoms with Gasteiger partial charge in [-0.05, 0) is 24.3 Å². The molecule has 7 heteroatoms. The molecule has 0 spiro atoms. The third kappa shape index (κ3) is 3.45. The first kappa shape index (κ1) is 13.8. The van der Waals surface area contributed by atoms with Gasteiger partial charge in [0.2, 0.25) is 15.9 Å². The standard InChI is InChI=1S/C12H17N3O3S/c1-2-14-19(17,18)11-5-3-9(4-6-11)15-10-7-12(16)13-8-10/h3-6,10,14-15H,2,7-8H2,1H3,(H,13,16). The van der Waals surface area contributed by atoms with Crippen molar-refractivity contribution in [1.82, 2.24) is 10.0 Å². The van der Waals surface area contributed by atoms with E-state index in [1.54, 1.807) is 31.2 Å². The fourth-order valence-electron chi connectivity index (χ4n) is 1.95. The number of carbonyl (C=O) groups excluding carboxylic acids is 1. The van der Waals surface area contributed by atoms with Crippen LogP contribution in [-0.2, 0) is 14.8 Å². The van der Waals surface area contributed by atoms with Gasteiger partial charge in [0.1, 0.15) is 0 Å². The van der Waals surface area contributed by atoms with Gasteiger partial charge in [-0.15, -0.1) is 0 Å². The molecule has 1 unspecified atom stereocenters. The second-order valence-electron chi connectivity index (χ2n) is 4.38. The van der Waals surface area contributed by atoms with Crippen molar-refractivity contribution in [2.45, 2.75) is 24.3 Å². The van der Waals surface area contributed by atoms with Crippen LogP contribution in [-0.4, -0.2) is 33.5 Å². The summed E-state index contributed by atoms with van der Waals surface area (Å²) in [6, 6.07) is 6.55. The van der Waals surface area contributed by atoms with Crippen LogP contribution in [0.2, 0.25) is 0 Å². The van der Waals surface area contributed by atoms with Crippen LogP contribution in [0.15, 0.2) is 29.2 Å². The zero-order valence-corrected chi connectivity index (χ0v) is 11.5. The van der Waals surface area contributed by atoms with E-state index in [-0.39, 0.29) is 16.8 Å². The number of sulfonamides is 1. The summed E-state index contributed by atoms with van der Waals surface area (Å²) in [5.41, 5.74) is 0.803. The molecule has 19 heavy (non-hydrogen) atoms. The van der Waals surface area contributed by atoms with Gasteiger partial charge >= 0.3 is 0 Å². The van der Waals surface area contributed by atoms with E-state index in [9.17, 15) is 13.2 Å². The van der Waals surface area contributed by atoms with Crippen molar-refractivity contribution < 1.29 is 13.2 Å². The van der Waals surface area contributed by atoms with Crippen molar-refractivity contribution in [2.75, 3.05) is 18.4 Å². The largest absolute Gasteiger partial charge is 0.380 e. The Morgan fingerprint density at radius 1 is 1.32 bits per heavy atom. The van der Waals surface area contributed by atoms with E-state index >= 15 is 0 Å². The highest BCUT2D eigenvalue weighted by Gasteiger charge is 2.21. The van der Waals surface area contributed by atoms with Crippen LogP contribution in [0.5, 0.6) is 0 Å². The summed E-state index contributed by atoms with van der Waals surface area (Å²) in [7, 11) is -3.41. The number of hydrogen-bond acceptors (Lipinski definition) is 4. The van der Waals surface area contributed by atoms with E-state index < -0.39 is 10.0 Å². The molecule has 3 N–H and O–H groups in total. The van der Waals surface area contributed by atoms with Crippen LogP contribution in [0.3, 0.4) is 0 Å². The molecule has 1 fully saturated rings. The topological polar surface area (TPSA) is 87.3 Å². The van der Waals surface area contributed by atoms with Crippen LogP contribution in [0.25, 0.3) is 0 Å². The van der Waals surface area contributed by atoms with Crippen molar-refractivity contribution in [3.05, 3.63) is 24.3 Å². The monoisotopic (exact) mass is 283 g/mol. The molecule has 1 atom stereocenters. The molecule has 2 rings (SSSR count). The molecule has 0 aliphatic carbocycles. The van der Waals surface area contributed by atoms with Crippen LogP contribution >= 0.6 is 0 Å². The Kier molecular flexibility index (Phi) is 4.06. The average molecular weight is 283 g/mol. The Morgan fingerprint density at radius 3 is 2.53 bits per heavy atom. The molecule has 1 amide bonds. The average Bonchev–Trinajstić information content (AvgIpc) is 2.75. The molecule has 1 aromatic rings. The molecule has 0 bridgehead atoms. The summed E-state index contributed by atoms with van der Waals surface area (Å²) < 4.78 is 25.9. The minimum Gasteiger partial charge on any atom is -0.380 e. The van der Waals surface area contributed by atoms with Crippen LogP contribution < -0.4 is 15.4 Å². The second-order valence-corrected chi connectivity index (χ2v) is 6.14. The lowest BCUT2D eigenvalue weighted by Crippen LogP contribution is -2.23. The zero-order valence-electron chi connectivity index (χ0n) is 10.6. The van der Waals surface area contributed by atoms with E-state index in [0.717, 1.165) is 5.69 Å². The van der Waals surface area contributed by atoms with Gasteiger partial charge < -0.3 is 10.6 Å². The van der Waals surface area contributed by atoms with E-state index in [1.165, 1.54) is 0 Å². The quantitative estimate of drug-likeness (QED) is 0.724. The minimum atomic E-state index is -3.41. The summed E-state index contributed by atoms with van der Waals surface area (Å²) in [5.74, 6) is 0.0313. The molecular weight excluding hydrogens is 266 g/mol. The summed E-state index contributed by atoms with van der Waals surface area (Å²) >= 11 is 0. The maximum Gasteiger partial charge on any atom is 0.240 e.